The fraction of sp³-hybridized carbons (Fsp3) is 0.673. The Morgan fingerprint density at radius 1 is 1.04 bits per heavy atom. The highest BCUT2D eigenvalue weighted by atomic mass is 16.7. The molecule has 3 aliphatic heterocycles. The lowest BCUT2D eigenvalue weighted by Crippen LogP contribution is -2.61. The van der Waals surface area contributed by atoms with Crippen LogP contribution in [0.25, 0.3) is 6.08 Å². The minimum Gasteiger partial charge on any atom is -0.461 e. The maximum absolute atomic E-state index is 14.7. The number of likely N-dealkylation sites (N-methyl/N-ethyl adjacent to an activating group) is 1. The van der Waals surface area contributed by atoms with E-state index in [1.54, 1.807) is 91.3 Å². The minimum atomic E-state index is -1.78. The SMILES string of the molecule is CC[C@H]1OC(=O)[C@H](C)[C@@H](OC(=O)Cc2cccnc2)[C@H](C)[C@@H](O[C@@H]2O[C@H](C)C[C@H](N(C)C)[C@H]2O)[C@](C)(OC(=O)NC/C=C/c2cnc(C(C)(C)C)nc2)C[C@@H](C)C(=O)[C@H](C)[C@H]2NC(=O)O[C@@]21C. The summed E-state index contributed by atoms with van der Waals surface area (Å²) in [6.07, 6.45) is 2.02. The minimum absolute atomic E-state index is 0.0189. The molecule has 2 amide bonds. The lowest BCUT2D eigenvalue weighted by Gasteiger charge is -2.48. The molecule has 3 saturated heterocycles. The number of Topliss-reactive ketones (excluding diaryl/α,β-unsaturated/α-hetero) is 1. The second kappa shape index (κ2) is 21.9. The van der Waals surface area contributed by atoms with Crippen molar-refractivity contribution in [3.8, 4) is 0 Å². The van der Waals surface area contributed by atoms with Crippen molar-refractivity contribution in [2.45, 2.75) is 167 Å². The number of rotatable bonds is 11. The number of alkyl carbamates (subject to hydrolysis) is 2. The van der Waals surface area contributed by atoms with E-state index in [1.807, 2.05) is 46.7 Å². The molecule has 14 atom stereocenters. The molecular weight excluding hydrogens is 865 g/mol. The Balaban J connectivity index is 1.61. The molecule has 3 aliphatic rings. The highest BCUT2D eigenvalue weighted by Crippen LogP contribution is 2.42. The highest BCUT2D eigenvalue weighted by Gasteiger charge is 2.58. The third-order valence-corrected chi connectivity index (χ3v) is 13.3. The van der Waals surface area contributed by atoms with Gasteiger partial charge in [0.15, 0.2) is 11.9 Å². The summed E-state index contributed by atoms with van der Waals surface area (Å²) in [4.78, 5) is 85.3. The molecule has 18 nitrogen and oxygen atoms in total. The maximum Gasteiger partial charge on any atom is 0.408 e. The number of ether oxygens (including phenoxy) is 6. The fourth-order valence-corrected chi connectivity index (χ4v) is 9.69. The zero-order chi connectivity index (χ0) is 49.6. The van der Waals surface area contributed by atoms with Crippen molar-refractivity contribution in [3.63, 3.8) is 0 Å². The van der Waals surface area contributed by atoms with Crippen LogP contribution < -0.4 is 10.6 Å². The predicted molar refractivity (Wildman–Crippen MR) is 246 cm³/mol. The van der Waals surface area contributed by atoms with Crippen LogP contribution in [0.15, 0.2) is 43.0 Å². The van der Waals surface area contributed by atoms with E-state index in [0.29, 0.717) is 23.4 Å². The smallest absolute Gasteiger partial charge is 0.408 e. The number of carbonyl (C=O) groups excluding carboxylic acids is 5. The molecule has 0 spiro atoms. The number of amides is 2. The van der Waals surface area contributed by atoms with Crippen molar-refractivity contribution in [2.24, 2.45) is 23.7 Å². The number of aliphatic hydroxyl groups excluding tert-OH is 1. The molecule has 2 aromatic heterocycles. The number of aliphatic hydroxyl groups is 1. The number of cyclic esters (lactones) is 1. The van der Waals surface area contributed by atoms with E-state index in [4.69, 9.17) is 28.4 Å². The first-order valence-electron chi connectivity index (χ1n) is 23.3. The Morgan fingerprint density at radius 3 is 2.34 bits per heavy atom. The first-order valence-corrected chi connectivity index (χ1v) is 23.3. The first-order chi connectivity index (χ1) is 31.4. The Hall–Kier alpha value is -5.04. The fourth-order valence-electron chi connectivity index (χ4n) is 9.69. The molecule has 3 fully saturated rings. The average Bonchev–Trinajstić information content (AvgIpc) is 3.58. The number of hydrogen-bond acceptors (Lipinski definition) is 16. The third kappa shape index (κ3) is 12.7. The van der Waals surface area contributed by atoms with E-state index in [0.717, 1.165) is 0 Å². The number of pyridine rings is 1. The van der Waals surface area contributed by atoms with Crippen LogP contribution in [0.3, 0.4) is 0 Å². The topological polar surface area (TPSA) is 227 Å². The van der Waals surface area contributed by atoms with Crippen molar-refractivity contribution < 1.29 is 57.5 Å². The Labute approximate surface area is 394 Å². The van der Waals surface area contributed by atoms with Gasteiger partial charge in [-0.1, -0.05) is 66.7 Å². The van der Waals surface area contributed by atoms with Crippen LogP contribution in [0.2, 0.25) is 0 Å². The van der Waals surface area contributed by atoms with Crippen molar-refractivity contribution in [2.75, 3.05) is 20.6 Å². The quantitative estimate of drug-likeness (QED) is 0.191. The molecule has 0 saturated carbocycles. The number of nitrogens with one attached hydrogen (secondary N) is 2. The van der Waals surface area contributed by atoms with Crippen LogP contribution in [0.4, 0.5) is 9.59 Å². The van der Waals surface area contributed by atoms with E-state index < -0.39 is 102 Å². The summed E-state index contributed by atoms with van der Waals surface area (Å²) < 4.78 is 37.9. The number of carbonyl (C=O) groups is 5. The van der Waals surface area contributed by atoms with Gasteiger partial charge in [0.2, 0.25) is 0 Å². The van der Waals surface area contributed by atoms with Crippen LogP contribution in [-0.4, -0.2) is 136 Å². The molecule has 18 heteroatoms. The largest absolute Gasteiger partial charge is 0.461 e. The summed E-state index contributed by atoms with van der Waals surface area (Å²) >= 11 is 0. The number of nitrogens with zero attached hydrogens (tertiary/aromatic N) is 4. The van der Waals surface area contributed by atoms with Crippen molar-refractivity contribution in [1.29, 1.82) is 0 Å². The summed E-state index contributed by atoms with van der Waals surface area (Å²) in [5.74, 6) is -5.10. The molecular formula is C49H72N6O12. The number of hydrogen-bond donors (Lipinski definition) is 3. The number of esters is 2. The summed E-state index contributed by atoms with van der Waals surface area (Å²) in [5.41, 5.74) is -2.22. The molecule has 0 aliphatic carbocycles. The van der Waals surface area contributed by atoms with Gasteiger partial charge in [-0.3, -0.25) is 19.4 Å². The van der Waals surface area contributed by atoms with E-state index in [1.165, 1.54) is 6.20 Å². The molecule has 3 N–H and O–H groups in total. The zero-order valence-corrected chi connectivity index (χ0v) is 41.3. The first kappa shape index (κ1) is 52.9. The Morgan fingerprint density at radius 2 is 1.73 bits per heavy atom. The lowest BCUT2D eigenvalue weighted by molar-refractivity contribution is -0.298. The Kier molecular flexibility index (Phi) is 17.3. The second-order valence-corrected chi connectivity index (χ2v) is 20.2. The average molecular weight is 937 g/mol. The van der Waals surface area contributed by atoms with Gasteiger partial charge in [-0.25, -0.2) is 19.6 Å². The normalized spacial score (nSPS) is 34.3. The molecule has 0 radical (unpaired) electrons. The van der Waals surface area contributed by atoms with Gasteiger partial charge < -0.3 is 49.1 Å². The summed E-state index contributed by atoms with van der Waals surface area (Å²) in [5, 5.41) is 17.4. The van der Waals surface area contributed by atoms with Gasteiger partial charge >= 0.3 is 24.1 Å². The van der Waals surface area contributed by atoms with E-state index in [2.05, 4.69) is 25.6 Å². The number of fused-ring (bicyclic) bond motifs is 1. The summed E-state index contributed by atoms with van der Waals surface area (Å²) in [6.45, 7) is 19.5. The maximum atomic E-state index is 14.7. The molecule has 67 heavy (non-hydrogen) atoms. The standard InChI is InChI=1S/C49H72N6O12/c1-14-35-49(11)40(54-46(61)67-49)29(4)37(57)27(2)23-48(10,66-45(60)51-20-16-18-33-25-52-44(53-26-33)47(7,8)9)41(65-43-38(58)34(55(12)13)21-28(3)62-43)30(5)39(31(6)42(59)63-35)64-36(56)22-32-17-15-19-50-24-32/h15-19,24-31,34-35,38-41,43,58H,14,20-23H2,1-13H3,(H,51,60)(H,54,61)/b18-16+/t27-,28-,29+,30+,31-,34+,35-,38-,39+,40-,41-,43+,48-,49-/m1/s1. The number of aromatic nitrogens is 3. The van der Waals surface area contributed by atoms with Gasteiger partial charge in [-0.05, 0) is 72.7 Å². The van der Waals surface area contributed by atoms with Crippen LogP contribution in [0.1, 0.15) is 112 Å². The summed E-state index contributed by atoms with van der Waals surface area (Å²) in [6, 6.07) is 2.06. The van der Waals surface area contributed by atoms with Gasteiger partial charge in [-0.2, -0.15) is 0 Å². The second-order valence-electron chi connectivity index (χ2n) is 20.2. The molecule has 5 heterocycles. The zero-order valence-electron chi connectivity index (χ0n) is 41.3. The van der Waals surface area contributed by atoms with Gasteiger partial charge in [0.1, 0.15) is 41.6 Å². The van der Waals surface area contributed by atoms with Gasteiger partial charge in [0.25, 0.3) is 0 Å². The van der Waals surface area contributed by atoms with Crippen LogP contribution >= 0.6 is 0 Å². The van der Waals surface area contributed by atoms with E-state index >= 15 is 0 Å². The van der Waals surface area contributed by atoms with Crippen molar-refractivity contribution >= 4 is 36.0 Å². The van der Waals surface area contributed by atoms with Crippen LogP contribution in [0, 0.1) is 23.7 Å². The molecule has 0 bridgehead atoms. The molecule has 0 aromatic carbocycles. The molecule has 2 aromatic rings. The van der Waals surface area contributed by atoms with E-state index in [-0.39, 0.29) is 43.1 Å². The van der Waals surface area contributed by atoms with Gasteiger partial charge in [0, 0.05) is 66.1 Å². The van der Waals surface area contributed by atoms with Gasteiger partial charge in [0.05, 0.1) is 24.5 Å². The molecule has 370 valence electrons. The monoisotopic (exact) mass is 937 g/mol. The lowest BCUT2D eigenvalue weighted by atomic mass is 9.73. The van der Waals surface area contributed by atoms with Crippen LogP contribution in [0.5, 0.6) is 0 Å². The highest BCUT2D eigenvalue weighted by molar-refractivity contribution is 5.85. The summed E-state index contributed by atoms with van der Waals surface area (Å²) in [7, 11) is 3.66. The molecule has 5 rings (SSSR count). The van der Waals surface area contributed by atoms with Crippen molar-refractivity contribution in [1.82, 2.24) is 30.5 Å². The predicted octanol–water partition coefficient (Wildman–Crippen LogP) is 5.34. The van der Waals surface area contributed by atoms with Crippen LogP contribution in [-0.2, 0) is 54.6 Å². The molecule has 0 unspecified atom stereocenters. The van der Waals surface area contributed by atoms with Gasteiger partial charge in [-0.15, -0.1) is 0 Å². The van der Waals surface area contributed by atoms with Crippen molar-refractivity contribution in [3.05, 3.63) is 59.9 Å². The van der Waals surface area contributed by atoms with E-state index in [9.17, 15) is 29.1 Å². The Bertz CT molecular complexity index is 2070. The third-order valence-electron chi connectivity index (χ3n) is 13.3. The number of ketones is 1.